The minimum absolute atomic E-state index is 0.0459. The predicted molar refractivity (Wildman–Crippen MR) is 271 cm³/mol. The van der Waals surface area contributed by atoms with Crippen molar-refractivity contribution in [3.8, 4) is 11.5 Å². The molecule has 3 fully saturated rings. The Bertz CT molecular complexity index is 2610. The van der Waals surface area contributed by atoms with Gasteiger partial charge in [0, 0.05) is 44.8 Å². The summed E-state index contributed by atoms with van der Waals surface area (Å²) in [7, 11) is 0. The van der Waals surface area contributed by atoms with E-state index in [2.05, 4.69) is 36.0 Å². The van der Waals surface area contributed by atoms with Gasteiger partial charge >= 0.3 is 6.09 Å². The molecule has 3 aromatic rings. The molecule has 0 saturated carbocycles. The Kier molecular flexibility index (Phi) is 22.1. The van der Waals surface area contributed by atoms with Gasteiger partial charge in [0.15, 0.2) is 11.5 Å². The molecule has 28 nitrogen and oxygen atoms in total. The number of rotatable bonds is 17. The number of carbonyl (C=O) groups is 8. The Hall–Kier alpha value is -7.19. The summed E-state index contributed by atoms with van der Waals surface area (Å²) in [5, 5.41) is 91.9. The molecule has 3 aromatic carbocycles. The van der Waals surface area contributed by atoms with Gasteiger partial charge in [-0.15, -0.1) is 0 Å². The first-order valence-corrected chi connectivity index (χ1v) is 25.6. The molecule has 0 aliphatic carbocycles. The molecule has 3 heterocycles. The maximum Gasteiger partial charge on any atom is 0.408 e. The number of aliphatic hydroxyl groups excluding tert-OH is 6. The number of β-amino-alcohol motifs (C(OH)–C–C–N with tert-alkyl or cyclic N) is 1. The van der Waals surface area contributed by atoms with Gasteiger partial charge in [-0.1, -0.05) is 83.0 Å². The van der Waals surface area contributed by atoms with Crippen LogP contribution < -0.4 is 41.2 Å². The molecule has 8 amide bonds. The van der Waals surface area contributed by atoms with Gasteiger partial charge in [0.1, 0.15) is 49.5 Å². The van der Waals surface area contributed by atoms with Gasteiger partial charge < -0.3 is 86.4 Å². The maximum absolute atomic E-state index is 14.7. The molecule has 14 N–H and O–H groups in total. The standard InChI is InChI=1S/C50H64N8O20S/c1-25-21-58-42(43(25)65)47(69)52-20-30(60)17-32(53-50(72)75-24-28-11-7-4-8-12-28)44(66)54-39(26(2)59)48(70)57-22-31(61)18-33(57)45(67)55-40(46(68)56-41(49(58)71)35(63)19-38(51)64)34(62)15-29-13-14-36(37(16-29)76-79-78-77-73)74-23-27-9-5-3-6-10-27/h3-14,16,25-26,30-35,39-43,59-63,65,73H,15,17-24H2,1-2H3,(H2,51,64)(H,52,69)(H,53,72)(H,54,66)(H,55,67)(H,56,68)/t25-,26+,30+,31+,32-,33-,34+,35+,39-,40-,41-,42-,43-/m0/s1. The first-order valence-electron chi connectivity index (χ1n) is 24.9. The lowest BCUT2D eigenvalue weighted by atomic mass is 9.98. The molecule has 0 spiro atoms. The SMILES string of the molecule is C[C@@H](O)[C@@H]1NC(=O)[C@@H](NC(=O)OCc2ccccc2)C[C@@H](O)CNC(=O)[C@@H]2[C@@H](O)[C@@H](C)CN2C(=O)[C@H]([C@H](O)CC(N)=O)NC(=O)[C@H]([C@H](O)Cc2ccc(OCc3ccccc3)c(OSOOO)c2)NC(=O)[C@@H]2C[C@@H](O)CN2C1=O. The Balaban J connectivity index is 1.38. The van der Waals surface area contributed by atoms with Gasteiger partial charge in [0.2, 0.25) is 41.4 Å². The van der Waals surface area contributed by atoms with Crippen molar-refractivity contribution in [2.75, 3.05) is 19.6 Å². The van der Waals surface area contributed by atoms with Crippen LogP contribution in [0.5, 0.6) is 11.5 Å². The van der Waals surface area contributed by atoms with Crippen molar-refractivity contribution in [2.45, 2.75) is 126 Å². The molecule has 6 rings (SSSR count). The maximum atomic E-state index is 14.7. The van der Waals surface area contributed by atoms with Gasteiger partial charge in [0.05, 0.1) is 43.0 Å². The lowest BCUT2D eigenvalue weighted by Crippen LogP contribution is -2.64. The minimum atomic E-state index is -2.20. The monoisotopic (exact) mass is 1130 g/mol. The second-order valence-corrected chi connectivity index (χ2v) is 19.7. The van der Waals surface area contributed by atoms with Crippen LogP contribution >= 0.6 is 12.3 Å². The number of benzene rings is 3. The third kappa shape index (κ3) is 16.7. The second kappa shape index (κ2) is 28.6. The number of nitrogens with zero attached hydrogens (tertiary/aromatic N) is 2. The van der Waals surface area contributed by atoms with Crippen molar-refractivity contribution < 1.29 is 97.3 Å². The molecule has 3 saturated heterocycles. The predicted octanol–water partition coefficient (Wildman–Crippen LogP) is -3.05. The summed E-state index contributed by atoms with van der Waals surface area (Å²) in [6.07, 6.45) is -14.6. The summed E-state index contributed by atoms with van der Waals surface area (Å²) in [5.74, 6) is -9.27. The van der Waals surface area contributed by atoms with E-state index in [-0.39, 0.29) is 42.6 Å². The molecule has 0 unspecified atom stereocenters. The van der Waals surface area contributed by atoms with Crippen molar-refractivity contribution in [2.24, 2.45) is 11.7 Å². The van der Waals surface area contributed by atoms with Crippen LogP contribution in [0, 0.1) is 5.92 Å². The average molecular weight is 1130 g/mol. The van der Waals surface area contributed by atoms with Crippen LogP contribution in [0.15, 0.2) is 78.9 Å². The van der Waals surface area contributed by atoms with Gasteiger partial charge in [-0.25, -0.2) is 10.1 Å². The Morgan fingerprint density at radius 3 is 2.01 bits per heavy atom. The number of amides is 8. The summed E-state index contributed by atoms with van der Waals surface area (Å²) in [6.45, 7) is 0.688. The highest BCUT2D eigenvalue weighted by Gasteiger charge is 2.50. The van der Waals surface area contributed by atoms with Crippen molar-refractivity contribution in [3.05, 3.63) is 95.6 Å². The smallest absolute Gasteiger partial charge is 0.408 e. The third-order valence-electron chi connectivity index (χ3n) is 13.2. The molecule has 29 heteroatoms. The zero-order chi connectivity index (χ0) is 57.5. The zero-order valence-corrected chi connectivity index (χ0v) is 43.5. The molecule has 3 aliphatic heterocycles. The van der Waals surface area contributed by atoms with E-state index in [0.29, 0.717) is 5.56 Å². The molecule has 13 atom stereocenters. The lowest BCUT2D eigenvalue weighted by Gasteiger charge is -2.33. The van der Waals surface area contributed by atoms with Crippen LogP contribution in [0.25, 0.3) is 0 Å². The van der Waals surface area contributed by atoms with Crippen LogP contribution in [0.3, 0.4) is 0 Å². The Labute approximate surface area is 456 Å². The van der Waals surface area contributed by atoms with Crippen molar-refractivity contribution in [3.63, 3.8) is 0 Å². The van der Waals surface area contributed by atoms with Gasteiger partial charge in [-0.2, -0.15) is 0 Å². The molecule has 0 radical (unpaired) electrons. The fourth-order valence-corrected chi connectivity index (χ4v) is 9.43. The topological polar surface area (TPSA) is 417 Å². The molecule has 0 bridgehead atoms. The van der Waals surface area contributed by atoms with Crippen LogP contribution in [0.4, 0.5) is 4.79 Å². The number of primary amides is 1. The summed E-state index contributed by atoms with van der Waals surface area (Å²) in [5.41, 5.74) is 6.91. The number of alkyl carbamates (subject to hydrolysis) is 1. The van der Waals surface area contributed by atoms with E-state index in [1.807, 2.05) is 0 Å². The van der Waals surface area contributed by atoms with Crippen molar-refractivity contribution in [1.82, 2.24) is 36.4 Å². The number of hydrogen-bond acceptors (Lipinski definition) is 21. The van der Waals surface area contributed by atoms with E-state index < -0.39 is 172 Å². The highest BCUT2D eigenvalue weighted by Crippen LogP contribution is 2.33. The normalized spacial score (nSPS) is 26.6. The number of ether oxygens (including phenoxy) is 2. The first kappa shape index (κ1) is 61.0. The Morgan fingerprint density at radius 1 is 0.734 bits per heavy atom. The minimum Gasteiger partial charge on any atom is -0.485 e. The largest absolute Gasteiger partial charge is 0.485 e. The number of hydrogen-bond donors (Lipinski definition) is 13. The fourth-order valence-electron chi connectivity index (χ4n) is 9.17. The van der Waals surface area contributed by atoms with Crippen LogP contribution in [-0.2, 0) is 67.3 Å². The van der Waals surface area contributed by atoms with E-state index in [4.69, 9.17) is 24.6 Å². The van der Waals surface area contributed by atoms with Crippen LogP contribution in [0.1, 0.15) is 49.8 Å². The van der Waals surface area contributed by atoms with Crippen molar-refractivity contribution >= 4 is 59.8 Å². The zero-order valence-electron chi connectivity index (χ0n) is 42.7. The molecule has 430 valence electrons. The number of carbonyl (C=O) groups excluding carboxylic acids is 8. The summed E-state index contributed by atoms with van der Waals surface area (Å²) >= 11 is 0.159. The van der Waals surface area contributed by atoms with Gasteiger partial charge in [-0.05, 0) is 35.7 Å². The third-order valence-corrected chi connectivity index (χ3v) is 13.6. The Morgan fingerprint density at radius 2 is 1.37 bits per heavy atom. The first-order chi connectivity index (χ1) is 37.6. The molecule has 3 aliphatic rings. The molecular weight excluding hydrogens is 1060 g/mol. The quantitative estimate of drug-likeness (QED) is 0.0276. The van der Waals surface area contributed by atoms with Gasteiger partial charge in [-0.3, -0.25) is 33.6 Å². The van der Waals surface area contributed by atoms with Crippen molar-refractivity contribution in [1.29, 1.82) is 0 Å². The fraction of sp³-hybridized carbons (Fsp3) is 0.480. The molecular formula is C50H64N8O20S. The average Bonchev–Trinajstić information content (AvgIpc) is 4.00. The van der Waals surface area contributed by atoms with E-state index in [1.54, 1.807) is 60.7 Å². The molecule has 0 aromatic heterocycles. The van der Waals surface area contributed by atoms with E-state index in [0.717, 1.165) is 22.3 Å². The lowest BCUT2D eigenvalue weighted by molar-refractivity contribution is -0.433. The summed E-state index contributed by atoms with van der Waals surface area (Å²) in [6, 6.07) is 9.95. The number of nitrogens with two attached hydrogens (primary N) is 1. The molecule has 79 heavy (non-hydrogen) atoms. The van der Waals surface area contributed by atoms with E-state index >= 15 is 0 Å². The second-order valence-electron chi connectivity index (χ2n) is 19.3. The highest BCUT2D eigenvalue weighted by molar-refractivity contribution is 7.90. The van der Waals surface area contributed by atoms with Crippen LogP contribution in [0.2, 0.25) is 0 Å². The van der Waals surface area contributed by atoms with E-state index in [1.165, 1.54) is 25.1 Å². The summed E-state index contributed by atoms with van der Waals surface area (Å²) < 4.78 is 21.1. The summed E-state index contributed by atoms with van der Waals surface area (Å²) in [4.78, 5) is 113. The number of aliphatic hydroxyl groups is 6. The number of nitrogens with one attached hydrogen (secondary N) is 5. The highest BCUT2D eigenvalue weighted by atomic mass is 32.2. The van der Waals surface area contributed by atoms with Gasteiger partial charge in [0.25, 0.3) is 12.3 Å². The van der Waals surface area contributed by atoms with E-state index in [9.17, 15) is 69.0 Å². The number of fused-ring (bicyclic) bond motifs is 2. The van der Waals surface area contributed by atoms with Crippen LogP contribution in [-0.4, -0.2) is 186 Å².